The fourth-order valence-corrected chi connectivity index (χ4v) is 1.76. The highest BCUT2D eigenvalue weighted by Gasteiger charge is 2.11. The van der Waals surface area contributed by atoms with Crippen LogP contribution in [0.2, 0.25) is 0 Å². The van der Waals surface area contributed by atoms with Crippen LogP contribution >= 0.6 is 15.9 Å². The highest BCUT2D eigenvalue weighted by Crippen LogP contribution is 2.10. The second-order valence-electron chi connectivity index (χ2n) is 3.65. The van der Waals surface area contributed by atoms with Crippen molar-refractivity contribution in [2.75, 3.05) is 0 Å². The van der Waals surface area contributed by atoms with Crippen LogP contribution in [0.4, 0.5) is 0 Å². The molecule has 2 aromatic heterocycles. The van der Waals surface area contributed by atoms with Crippen LogP contribution in [0.15, 0.2) is 39.5 Å². The predicted octanol–water partition coefficient (Wildman–Crippen LogP) is 2.07. The lowest BCUT2D eigenvalue weighted by molar-refractivity contribution is 0.0660. The van der Waals surface area contributed by atoms with Gasteiger partial charge in [0.1, 0.15) is 5.76 Å². The zero-order valence-electron chi connectivity index (χ0n) is 9.59. The highest BCUT2D eigenvalue weighted by molar-refractivity contribution is 9.10. The lowest BCUT2D eigenvalue weighted by Crippen LogP contribution is -2.22. The van der Waals surface area contributed by atoms with E-state index in [1.54, 1.807) is 12.3 Å². The maximum atomic E-state index is 11.8. The van der Waals surface area contributed by atoms with E-state index in [1.165, 1.54) is 18.3 Å². The van der Waals surface area contributed by atoms with E-state index >= 15 is 0 Å². The van der Waals surface area contributed by atoms with E-state index < -0.39 is 5.97 Å². The molecule has 98 valence electrons. The van der Waals surface area contributed by atoms with Crippen molar-refractivity contribution in [3.05, 3.63) is 52.1 Å². The van der Waals surface area contributed by atoms with E-state index in [2.05, 4.69) is 26.2 Å². The standard InChI is InChI=1S/C12H9BrN2O4/c13-8-3-7(4-14-5-8)11(16)15-6-9-1-2-10(19-9)12(17)18/h1-5H,6H2,(H,15,16)(H,17,18). The summed E-state index contributed by atoms with van der Waals surface area (Å²) in [4.78, 5) is 26.3. The number of rotatable bonds is 4. The van der Waals surface area contributed by atoms with Crippen molar-refractivity contribution in [3.63, 3.8) is 0 Å². The van der Waals surface area contributed by atoms with Gasteiger partial charge in [0, 0.05) is 16.9 Å². The Morgan fingerprint density at radius 3 is 2.79 bits per heavy atom. The topological polar surface area (TPSA) is 92.4 Å². The number of hydrogen-bond acceptors (Lipinski definition) is 4. The Morgan fingerprint density at radius 2 is 2.16 bits per heavy atom. The van der Waals surface area contributed by atoms with Gasteiger partial charge in [0.15, 0.2) is 0 Å². The first-order valence-corrected chi connectivity index (χ1v) is 6.06. The molecule has 0 aliphatic heterocycles. The summed E-state index contributed by atoms with van der Waals surface area (Å²) in [6.45, 7) is 0.110. The van der Waals surface area contributed by atoms with Gasteiger partial charge in [-0.25, -0.2) is 4.79 Å². The molecule has 0 aliphatic rings. The van der Waals surface area contributed by atoms with Crippen LogP contribution < -0.4 is 5.32 Å². The summed E-state index contributed by atoms with van der Waals surface area (Å²) in [6.07, 6.45) is 3.01. The summed E-state index contributed by atoms with van der Waals surface area (Å²) in [5.41, 5.74) is 0.402. The lowest BCUT2D eigenvalue weighted by atomic mass is 10.2. The number of halogens is 1. The van der Waals surface area contributed by atoms with Crippen molar-refractivity contribution < 1.29 is 19.1 Å². The number of pyridine rings is 1. The Balaban J connectivity index is 1.98. The van der Waals surface area contributed by atoms with Gasteiger partial charge in [-0.2, -0.15) is 0 Å². The average molecular weight is 325 g/mol. The Morgan fingerprint density at radius 1 is 1.37 bits per heavy atom. The third kappa shape index (κ3) is 3.41. The van der Waals surface area contributed by atoms with Crippen molar-refractivity contribution in [1.82, 2.24) is 10.3 Å². The number of carbonyl (C=O) groups excluding carboxylic acids is 1. The van der Waals surface area contributed by atoms with E-state index in [9.17, 15) is 9.59 Å². The molecule has 2 aromatic rings. The van der Waals surface area contributed by atoms with Crippen molar-refractivity contribution in [2.45, 2.75) is 6.54 Å². The van der Waals surface area contributed by atoms with Gasteiger partial charge >= 0.3 is 5.97 Å². The van der Waals surface area contributed by atoms with E-state index in [0.717, 1.165) is 0 Å². The Kier molecular flexibility index (Phi) is 3.96. The molecule has 0 aliphatic carbocycles. The summed E-state index contributed by atoms with van der Waals surface area (Å²) >= 11 is 3.22. The van der Waals surface area contributed by atoms with Crippen molar-refractivity contribution >= 4 is 27.8 Å². The number of carboxylic acids is 1. The molecule has 2 heterocycles. The van der Waals surface area contributed by atoms with E-state index in [4.69, 9.17) is 9.52 Å². The molecule has 0 atom stereocenters. The summed E-state index contributed by atoms with van der Waals surface area (Å²) in [7, 11) is 0. The summed E-state index contributed by atoms with van der Waals surface area (Å²) in [6, 6.07) is 4.47. The van der Waals surface area contributed by atoms with Crippen molar-refractivity contribution in [1.29, 1.82) is 0 Å². The number of carboxylic acid groups (broad SMARTS) is 1. The second-order valence-corrected chi connectivity index (χ2v) is 4.56. The Labute approximate surface area is 116 Å². The van der Waals surface area contributed by atoms with Crippen LogP contribution in [-0.4, -0.2) is 22.0 Å². The SMILES string of the molecule is O=C(NCc1ccc(C(=O)O)o1)c1cncc(Br)c1. The minimum Gasteiger partial charge on any atom is -0.475 e. The quantitative estimate of drug-likeness (QED) is 0.898. The number of amides is 1. The normalized spacial score (nSPS) is 10.2. The molecule has 1 amide bonds. The molecule has 0 saturated carbocycles. The largest absolute Gasteiger partial charge is 0.475 e. The van der Waals surface area contributed by atoms with Crippen molar-refractivity contribution in [3.8, 4) is 0 Å². The third-order valence-electron chi connectivity index (χ3n) is 2.26. The van der Waals surface area contributed by atoms with Gasteiger partial charge in [0.25, 0.3) is 5.91 Å². The molecule has 0 fully saturated rings. The molecule has 0 unspecified atom stereocenters. The minimum absolute atomic E-state index is 0.110. The Hall–Kier alpha value is -2.15. The first-order valence-electron chi connectivity index (χ1n) is 5.27. The fraction of sp³-hybridized carbons (Fsp3) is 0.0833. The molecule has 19 heavy (non-hydrogen) atoms. The van der Waals surface area contributed by atoms with Crippen LogP contribution in [0.25, 0.3) is 0 Å². The number of aromatic nitrogens is 1. The molecule has 0 spiro atoms. The maximum absolute atomic E-state index is 11.8. The molecule has 2 N–H and O–H groups in total. The van der Waals surface area contributed by atoms with Crippen LogP contribution in [0.5, 0.6) is 0 Å². The van der Waals surface area contributed by atoms with E-state index in [1.807, 2.05) is 0 Å². The molecule has 0 bridgehead atoms. The number of nitrogens with zero attached hydrogens (tertiary/aromatic N) is 1. The minimum atomic E-state index is -1.14. The zero-order chi connectivity index (χ0) is 13.8. The summed E-state index contributed by atoms with van der Waals surface area (Å²) in [5.74, 6) is -1.25. The Bertz CT molecular complexity index is 624. The third-order valence-corrected chi connectivity index (χ3v) is 2.70. The van der Waals surface area contributed by atoms with E-state index in [-0.39, 0.29) is 18.2 Å². The number of hydrogen-bond donors (Lipinski definition) is 2. The van der Waals surface area contributed by atoms with Crippen molar-refractivity contribution in [2.24, 2.45) is 0 Å². The second kappa shape index (κ2) is 5.66. The van der Waals surface area contributed by atoms with Gasteiger partial charge in [-0.05, 0) is 34.1 Å². The van der Waals surface area contributed by atoms with Gasteiger partial charge in [0.05, 0.1) is 12.1 Å². The molecule has 7 heteroatoms. The first kappa shape index (κ1) is 13.3. The van der Waals surface area contributed by atoms with Crippen LogP contribution in [0, 0.1) is 0 Å². The molecular formula is C12H9BrN2O4. The number of nitrogens with one attached hydrogen (secondary N) is 1. The van der Waals surface area contributed by atoms with Gasteiger partial charge < -0.3 is 14.8 Å². The lowest BCUT2D eigenvalue weighted by Gasteiger charge is -2.03. The number of furan rings is 1. The predicted molar refractivity (Wildman–Crippen MR) is 68.8 cm³/mol. The fourth-order valence-electron chi connectivity index (χ4n) is 1.39. The zero-order valence-corrected chi connectivity index (χ0v) is 11.2. The maximum Gasteiger partial charge on any atom is 0.371 e. The summed E-state index contributed by atoms with van der Waals surface area (Å²) < 4.78 is 5.72. The number of carbonyl (C=O) groups is 2. The molecule has 2 rings (SSSR count). The number of aromatic carboxylic acids is 1. The van der Waals surface area contributed by atoms with Gasteiger partial charge in [-0.1, -0.05) is 0 Å². The average Bonchev–Trinajstić information content (AvgIpc) is 2.85. The molecule has 6 nitrogen and oxygen atoms in total. The smallest absolute Gasteiger partial charge is 0.371 e. The van der Waals surface area contributed by atoms with Gasteiger partial charge in [0.2, 0.25) is 5.76 Å². The molecule has 0 radical (unpaired) electrons. The van der Waals surface area contributed by atoms with Gasteiger partial charge in [-0.15, -0.1) is 0 Å². The molecular weight excluding hydrogens is 316 g/mol. The highest BCUT2D eigenvalue weighted by atomic mass is 79.9. The summed E-state index contributed by atoms with van der Waals surface area (Å²) in [5, 5.41) is 11.3. The molecule has 0 saturated heterocycles. The van der Waals surface area contributed by atoms with Crippen LogP contribution in [0.1, 0.15) is 26.7 Å². The first-order chi connectivity index (χ1) is 9.06. The van der Waals surface area contributed by atoms with Crippen LogP contribution in [0.3, 0.4) is 0 Å². The monoisotopic (exact) mass is 324 g/mol. The van der Waals surface area contributed by atoms with Crippen LogP contribution in [-0.2, 0) is 6.54 Å². The molecule has 0 aromatic carbocycles. The van der Waals surface area contributed by atoms with Gasteiger partial charge in [-0.3, -0.25) is 9.78 Å². The van der Waals surface area contributed by atoms with E-state index in [0.29, 0.717) is 15.8 Å².